The lowest BCUT2D eigenvalue weighted by molar-refractivity contribution is -0.687. The Kier molecular flexibility index (Phi) is 4.56. The van der Waals surface area contributed by atoms with Crippen LogP contribution in [0.1, 0.15) is 11.3 Å². The van der Waals surface area contributed by atoms with Gasteiger partial charge in [0.15, 0.2) is 17.7 Å². The normalized spacial score (nSPS) is 10.7. The number of aromatic hydroxyl groups is 1. The lowest BCUT2D eigenvalue weighted by Gasteiger charge is -2.03. The maximum absolute atomic E-state index is 10.8. The Morgan fingerprint density at radius 1 is 1.29 bits per heavy atom. The number of phenolic OH excluding ortho intramolecular Hbond substituents is 1. The molecule has 0 aliphatic heterocycles. The number of hydrogen-bond acceptors (Lipinski definition) is 3. The van der Waals surface area contributed by atoms with Gasteiger partial charge in [-0.3, -0.25) is 0 Å². The van der Waals surface area contributed by atoms with Gasteiger partial charge in [0, 0.05) is 18.2 Å². The fraction of sp³-hybridized carbons (Fsp3) is 0.125. The highest BCUT2D eigenvalue weighted by molar-refractivity contribution is 5.69. The molecule has 0 saturated carbocycles. The number of pyridine rings is 1. The summed E-state index contributed by atoms with van der Waals surface area (Å²) < 4.78 is 6.68. The Hall–Kier alpha value is -2.82. The third kappa shape index (κ3) is 3.82. The quantitative estimate of drug-likeness (QED) is 0.824. The molecule has 2 aromatic rings. The van der Waals surface area contributed by atoms with E-state index >= 15 is 0 Å². The van der Waals surface area contributed by atoms with Gasteiger partial charge in [0.1, 0.15) is 0 Å². The van der Waals surface area contributed by atoms with Crippen molar-refractivity contribution in [3.63, 3.8) is 0 Å². The standard InChI is InChI=1S/C16H15NO4/c1-21-15-10-12(6-8-14(15)18)5-7-13-4-2-3-9-17(13)11-16(19)20/h2-10H,11H2,1H3,(H,19,20)/p+1. The van der Waals surface area contributed by atoms with Crippen LogP contribution in [0.25, 0.3) is 12.2 Å². The van der Waals surface area contributed by atoms with Gasteiger partial charge in [-0.1, -0.05) is 6.07 Å². The molecular formula is C16H16NO4+. The van der Waals surface area contributed by atoms with E-state index in [1.807, 2.05) is 24.3 Å². The second-order valence-electron chi connectivity index (χ2n) is 4.41. The van der Waals surface area contributed by atoms with Crippen molar-refractivity contribution in [1.82, 2.24) is 0 Å². The number of carboxylic acids is 1. The highest BCUT2D eigenvalue weighted by atomic mass is 16.5. The molecule has 2 N–H and O–H groups in total. The van der Waals surface area contributed by atoms with E-state index in [1.54, 1.807) is 35.0 Å². The van der Waals surface area contributed by atoms with E-state index in [4.69, 9.17) is 9.84 Å². The van der Waals surface area contributed by atoms with Crippen LogP contribution < -0.4 is 9.30 Å². The summed E-state index contributed by atoms with van der Waals surface area (Å²) in [7, 11) is 1.49. The van der Waals surface area contributed by atoms with Gasteiger partial charge in [-0.25, -0.2) is 4.79 Å². The first kappa shape index (κ1) is 14.6. The Balaban J connectivity index is 2.27. The molecule has 0 unspecified atom stereocenters. The fourth-order valence-corrected chi connectivity index (χ4v) is 1.91. The molecule has 21 heavy (non-hydrogen) atoms. The zero-order valence-electron chi connectivity index (χ0n) is 11.6. The van der Waals surface area contributed by atoms with Crippen molar-refractivity contribution in [1.29, 1.82) is 0 Å². The Morgan fingerprint density at radius 2 is 2.10 bits per heavy atom. The van der Waals surface area contributed by atoms with Crippen molar-refractivity contribution in [2.24, 2.45) is 0 Å². The van der Waals surface area contributed by atoms with E-state index in [1.165, 1.54) is 7.11 Å². The second-order valence-corrected chi connectivity index (χ2v) is 4.41. The number of benzene rings is 1. The molecule has 0 fully saturated rings. The van der Waals surface area contributed by atoms with Crippen molar-refractivity contribution in [3.05, 3.63) is 53.9 Å². The number of aromatic nitrogens is 1. The maximum Gasteiger partial charge on any atom is 0.370 e. The molecule has 1 aromatic carbocycles. The van der Waals surface area contributed by atoms with Gasteiger partial charge in [0.25, 0.3) is 0 Å². The van der Waals surface area contributed by atoms with Gasteiger partial charge in [0.05, 0.1) is 7.11 Å². The van der Waals surface area contributed by atoms with Gasteiger partial charge < -0.3 is 14.9 Å². The zero-order valence-corrected chi connectivity index (χ0v) is 11.6. The maximum atomic E-state index is 10.8. The summed E-state index contributed by atoms with van der Waals surface area (Å²) in [5, 5.41) is 18.4. The van der Waals surface area contributed by atoms with Crippen LogP contribution in [0.15, 0.2) is 42.6 Å². The molecule has 0 spiro atoms. The van der Waals surface area contributed by atoms with Gasteiger partial charge in [-0.2, -0.15) is 4.57 Å². The van der Waals surface area contributed by atoms with Crippen LogP contribution in [-0.4, -0.2) is 23.3 Å². The molecule has 5 nitrogen and oxygen atoms in total. The summed E-state index contributed by atoms with van der Waals surface area (Å²) in [6.07, 6.45) is 5.36. The topological polar surface area (TPSA) is 70.6 Å². The largest absolute Gasteiger partial charge is 0.504 e. The van der Waals surface area contributed by atoms with Crippen LogP contribution in [0, 0.1) is 0 Å². The molecule has 0 saturated heterocycles. The van der Waals surface area contributed by atoms with E-state index in [-0.39, 0.29) is 12.3 Å². The first-order valence-electron chi connectivity index (χ1n) is 6.35. The monoisotopic (exact) mass is 286 g/mol. The third-order valence-electron chi connectivity index (χ3n) is 2.93. The number of methoxy groups -OCH3 is 1. The van der Waals surface area contributed by atoms with Crippen LogP contribution in [0.4, 0.5) is 0 Å². The van der Waals surface area contributed by atoms with Crippen molar-refractivity contribution >= 4 is 18.1 Å². The summed E-state index contributed by atoms with van der Waals surface area (Å²) in [5.41, 5.74) is 1.61. The minimum absolute atomic E-state index is 0.0790. The van der Waals surface area contributed by atoms with E-state index < -0.39 is 5.97 Å². The van der Waals surface area contributed by atoms with Crippen LogP contribution in [0.5, 0.6) is 11.5 Å². The molecule has 2 rings (SSSR count). The number of hydrogen-bond donors (Lipinski definition) is 2. The highest BCUT2D eigenvalue weighted by Crippen LogP contribution is 2.26. The number of ether oxygens (including phenoxy) is 1. The summed E-state index contributed by atoms with van der Waals surface area (Å²) in [6.45, 7) is -0.0978. The average Bonchev–Trinajstić information content (AvgIpc) is 2.47. The first-order valence-corrected chi connectivity index (χ1v) is 6.35. The van der Waals surface area contributed by atoms with Gasteiger partial charge >= 0.3 is 5.97 Å². The van der Waals surface area contributed by atoms with Crippen molar-refractivity contribution in [3.8, 4) is 11.5 Å². The summed E-state index contributed by atoms with van der Waals surface area (Å²) in [6, 6.07) is 10.5. The zero-order chi connectivity index (χ0) is 15.2. The van der Waals surface area contributed by atoms with E-state index in [0.29, 0.717) is 5.75 Å². The molecule has 1 heterocycles. The van der Waals surface area contributed by atoms with E-state index in [2.05, 4.69) is 0 Å². The SMILES string of the molecule is COc1cc(/C=C/c2cccc[n+]2CC(=O)O)ccc1O. The number of nitrogens with zero attached hydrogens (tertiary/aromatic N) is 1. The molecule has 0 aliphatic carbocycles. The molecule has 1 aromatic heterocycles. The molecule has 0 radical (unpaired) electrons. The van der Waals surface area contributed by atoms with Gasteiger partial charge in [-0.15, -0.1) is 0 Å². The number of phenols is 1. The van der Waals surface area contributed by atoms with E-state index in [0.717, 1.165) is 11.3 Å². The summed E-state index contributed by atoms with van der Waals surface area (Å²) >= 11 is 0. The predicted molar refractivity (Wildman–Crippen MR) is 77.9 cm³/mol. The van der Waals surface area contributed by atoms with Gasteiger partial charge in [-0.05, 0) is 29.8 Å². The van der Waals surface area contributed by atoms with Crippen LogP contribution in [0.3, 0.4) is 0 Å². The number of aliphatic carboxylic acids is 1. The predicted octanol–water partition coefficient (Wildman–Crippen LogP) is 1.94. The van der Waals surface area contributed by atoms with Crippen LogP contribution in [0.2, 0.25) is 0 Å². The Labute approximate surface area is 122 Å². The van der Waals surface area contributed by atoms with Gasteiger partial charge in [0.2, 0.25) is 12.2 Å². The molecule has 0 atom stereocenters. The number of rotatable bonds is 5. The van der Waals surface area contributed by atoms with Crippen LogP contribution in [-0.2, 0) is 11.3 Å². The lowest BCUT2D eigenvalue weighted by Crippen LogP contribution is -2.40. The Morgan fingerprint density at radius 3 is 2.81 bits per heavy atom. The highest BCUT2D eigenvalue weighted by Gasteiger charge is 2.10. The van der Waals surface area contributed by atoms with Crippen molar-refractivity contribution in [2.75, 3.05) is 7.11 Å². The molecular weight excluding hydrogens is 270 g/mol. The molecule has 5 heteroatoms. The van der Waals surface area contributed by atoms with Crippen LogP contribution >= 0.6 is 0 Å². The first-order chi connectivity index (χ1) is 10.1. The van der Waals surface area contributed by atoms with Crippen molar-refractivity contribution in [2.45, 2.75) is 6.54 Å². The Bertz CT molecular complexity index is 680. The van der Waals surface area contributed by atoms with E-state index in [9.17, 15) is 9.90 Å². The lowest BCUT2D eigenvalue weighted by atomic mass is 10.1. The third-order valence-corrected chi connectivity index (χ3v) is 2.93. The second kappa shape index (κ2) is 6.56. The molecule has 0 bridgehead atoms. The fourth-order valence-electron chi connectivity index (χ4n) is 1.91. The smallest absolute Gasteiger partial charge is 0.370 e. The molecule has 108 valence electrons. The minimum Gasteiger partial charge on any atom is -0.504 e. The minimum atomic E-state index is -0.896. The molecule has 0 aliphatic rings. The average molecular weight is 286 g/mol. The number of carboxylic acid groups (broad SMARTS) is 1. The number of carbonyl (C=O) groups is 1. The summed E-state index contributed by atoms with van der Waals surface area (Å²) in [5.74, 6) is -0.425. The molecule has 0 amide bonds. The van der Waals surface area contributed by atoms with Crippen molar-refractivity contribution < 1.29 is 24.3 Å². The summed E-state index contributed by atoms with van der Waals surface area (Å²) in [4.78, 5) is 10.8.